The zero-order chi connectivity index (χ0) is 64.0. The van der Waals surface area contributed by atoms with Gasteiger partial charge in [0, 0.05) is 0 Å². The molecule has 0 unspecified atom stereocenters. The quantitative estimate of drug-likeness (QED) is 0.0471. The Kier molecular flexibility index (Phi) is 156. The number of unbranched alkanes of at least 4 members (excludes halogenated alkanes) is 56. The lowest BCUT2D eigenvalue weighted by molar-refractivity contribution is 0.448. The fraction of sp³-hybridized carbons (Fsp3) is 1.00. The van der Waals surface area contributed by atoms with Crippen molar-refractivity contribution in [2.45, 2.75) is 522 Å². The van der Waals surface area contributed by atoms with E-state index in [1.807, 2.05) is 0 Å². The molecule has 0 rings (SSSR count). The lowest BCUT2D eigenvalue weighted by atomic mass is 10.1. The summed E-state index contributed by atoms with van der Waals surface area (Å²) in [7, 11) is 0. The molecule has 0 atom stereocenters. The van der Waals surface area contributed by atoms with E-state index in [-0.39, 0.29) is 7.69 Å². The van der Waals surface area contributed by atoms with E-state index in [2.05, 4.69) is 111 Å². The molecular formula is C80H178BO2. The number of hydrogen-bond donors (Lipinski definition) is 2. The predicted octanol–water partition coefficient (Wildman–Crippen LogP) is 31.7. The molecule has 0 heterocycles. The first-order valence-corrected chi connectivity index (χ1v) is 39.8. The van der Waals surface area contributed by atoms with Gasteiger partial charge in [-0.15, -0.1) is 0 Å². The van der Waals surface area contributed by atoms with Gasteiger partial charge in [-0.2, -0.15) is 0 Å². The summed E-state index contributed by atoms with van der Waals surface area (Å²) in [5.74, 6) is 0. The van der Waals surface area contributed by atoms with E-state index in [4.69, 9.17) is 10.0 Å². The van der Waals surface area contributed by atoms with Crippen LogP contribution in [0.3, 0.4) is 0 Å². The lowest BCUT2D eigenvalue weighted by Gasteiger charge is -1.97. The minimum absolute atomic E-state index is 0. The van der Waals surface area contributed by atoms with Crippen molar-refractivity contribution < 1.29 is 10.0 Å². The van der Waals surface area contributed by atoms with Crippen molar-refractivity contribution in [1.29, 1.82) is 0 Å². The molecule has 513 valence electrons. The molecule has 83 heavy (non-hydrogen) atoms. The molecule has 0 spiro atoms. The third-order valence-corrected chi connectivity index (χ3v) is 15.7. The summed E-state index contributed by atoms with van der Waals surface area (Å²) in [6.07, 6.45) is 91.7. The minimum atomic E-state index is 0. The SMILES string of the molecule is CCCCCCCCCC.CCCCCCCCCC.CCCCCCCCCC.CCCCCCCCCC.CCCCCCCCCC.CCCCCCCCCC.CCCCCCCCCC.CCCCCCCCCC.O[B]O. The Morgan fingerprint density at radius 2 is 0.145 bits per heavy atom. The Morgan fingerprint density at radius 3 is 0.181 bits per heavy atom. The van der Waals surface area contributed by atoms with Crippen LogP contribution in [0.2, 0.25) is 0 Å². The largest absolute Gasteiger partial charge is 0.482 e. The van der Waals surface area contributed by atoms with Crippen molar-refractivity contribution in [2.75, 3.05) is 0 Å². The molecule has 0 aliphatic rings. The molecule has 0 aliphatic carbocycles. The second kappa shape index (κ2) is 127. The van der Waals surface area contributed by atoms with Gasteiger partial charge in [0.1, 0.15) is 0 Å². The molecular weight excluding hydrogens is 1000 g/mol. The van der Waals surface area contributed by atoms with E-state index in [0.717, 1.165) is 0 Å². The van der Waals surface area contributed by atoms with Crippen LogP contribution in [0.4, 0.5) is 0 Å². The molecule has 0 aromatic heterocycles. The average molecular weight is 1180 g/mol. The molecule has 0 bridgehead atoms. The van der Waals surface area contributed by atoms with Crippen LogP contribution in [-0.2, 0) is 0 Å². The Morgan fingerprint density at radius 1 is 0.108 bits per heavy atom. The van der Waals surface area contributed by atoms with E-state index in [1.54, 1.807) is 0 Å². The molecule has 1 radical (unpaired) electrons. The van der Waals surface area contributed by atoms with Crippen LogP contribution in [0, 0.1) is 0 Å². The topological polar surface area (TPSA) is 40.5 Å². The van der Waals surface area contributed by atoms with Crippen LogP contribution in [0.5, 0.6) is 0 Å². The maximum Gasteiger partial charge on any atom is 0.482 e. The summed E-state index contributed by atoms with van der Waals surface area (Å²) < 4.78 is 0. The second-order valence-corrected chi connectivity index (χ2v) is 25.1. The number of rotatable bonds is 56. The Hall–Kier alpha value is -0.0151. The normalized spacial score (nSPS) is 10.0. The van der Waals surface area contributed by atoms with Crippen LogP contribution in [0.15, 0.2) is 0 Å². The fourth-order valence-corrected chi connectivity index (χ4v) is 9.66. The standard InChI is InChI=1S/8C10H22.BH2O2/c8*1-3-5-7-9-10-8-6-4-2;2-1-3/h8*3-10H2,1-2H3;2-3H. The third kappa shape index (κ3) is 167. The highest BCUT2D eigenvalue weighted by molar-refractivity contribution is 6.13. The van der Waals surface area contributed by atoms with Crippen LogP contribution >= 0.6 is 0 Å². The van der Waals surface area contributed by atoms with Crippen molar-refractivity contribution in [3.8, 4) is 0 Å². The van der Waals surface area contributed by atoms with Crippen molar-refractivity contribution in [3.63, 3.8) is 0 Å². The van der Waals surface area contributed by atoms with Crippen LogP contribution in [0.25, 0.3) is 0 Å². The van der Waals surface area contributed by atoms with Crippen molar-refractivity contribution in [3.05, 3.63) is 0 Å². The van der Waals surface area contributed by atoms with E-state index < -0.39 is 0 Å². The van der Waals surface area contributed by atoms with Gasteiger partial charge in [-0.05, 0) is 0 Å². The molecule has 3 heteroatoms. The molecule has 0 saturated carbocycles. The maximum absolute atomic E-state index is 7.00. The number of hydrogen-bond acceptors (Lipinski definition) is 2. The highest BCUT2D eigenvalue weighted by atomic mass is 16.4. The zero-order valence-corrected chi connectivity index (χ0v) is 62.7. The van der Waals surface area contributed by atoms with E-state index in [1.165, 1.54) is 411 Å². The predicted molar refractivity (Wildman–Crippen MR) is 396 cm³/mol. The lowest BCUT2D eigenvalue weighted by Crippen LogP contribution is -1.77. The maximum atomic E-state index is 7.00. The summed E-state index contributed by atoms with van der Waals surface area (Å²) in [5.41, 5.74) is 0. The van der Waals surface area contributed by atoms with Crippen LogP contribution < -0.4 is 0 Å². The second-order valence-electron chi connectivity index (χ2n) is 25.1. The van der Waals surface area contributed by atoms with Crippen molar-refractivity contribution in [2.24, 2.45) is 0 Å². The van der Waals surface area contributed by atoms with Crippen LogP contribution in [-0.4, -0.2) is 17.7 Å². The van der Waals surface area contributed by atoms with Gasteiger partial charge in [-0.25, -0.2) is 0 Å². The first-order valence-electron chi connectivity index (χ1n) is 39.8. The van der Waals surface area contributed by atoms with Gasteiger partial charge in [-0.3, -0.25) is 0 Å². The first-order chi connectivity index (χ1) is 40.7. The Balaban J connectivity index is -0.000000107. The van der Waals surface area contributed by atoms with E-state index >= 15 is 0 Å². The molecule has 0 aliphatic heterocycles. The van der Waals surface area contributed by atoms with Crippen molar-refractivity contribution in [1.82, 2.24) is 0 Å². The van der Waals surface area contributed by atoms with Gasteiger partial charge >= 0.3 is 7.69 Å². The molecule has 2 N–H and O–H groups in total. The van der Waals surface area contributed by atoms with Crippen LogP contribution in [0.1, 0.15) is 522 Å². The zero-order valence-electron chi connectivity index (χ0n) is 62.7. The fourth-order valence-electron chi connectivity index (χ4n) is 9.66. The van der Waals surface area contributed by atoms with E-state index in [0.29, 0.717) is 0 Å². The Labute approximate surface area is 536 Å². The van der Waals surface area contributed by atoms with Gasteiger partial charge in [0.05, 0.1) is 0 Å². The first kappa shape index (κ1) is 102. The third-order valence-electron chi connectivity index (χ3n) is 15.7. The van der Waals surface area contributed by atoms with Gasteiger partial charge in [0.15, 0.2) is 0 Å². The molecule has 0 saturated heterocycles. The highest BCUT2D eigenvalue weighted by Crippen LogP contribution is 2.13. The molecule has 0 fully saturated rings. The van der Waals surface area contributed by atoms with Crippen molar-refractivity contribution >= 4 is 7.69 Å². The highest BCUT2D eigenvalue weighted by Gasteiger charge is 1.93. The summed E-state index contributed by atoms with van der Waals surface area (Å²) >= 11 is 0. The minimum Gasteiger partial charge on any atom is -0.429 e. The molecule has 0 aromatic rings. The Bertz CT molecular complexity index is 548. The van der Waals surface area contributed by atoms with E-state index in [9.17, 15) is 0 Å². The smallest absolute Gasteiger partial charge is 0.429 e. The molecule has 0 aromatic carbocycles. The average Bonchev–Trinajstić information content (AvgIpc) is 3.50. The molecule has 2 nitrogen and oxygen atoms in total. The molecule has 0 amide bonds. The summed E-state index contributed by atoms with van der Waals surface area (Å²) in [6.45, 7) is 36.3. The summed E-state index contributed by atoms with van der Waals surface area (Å²) in [5, 5.41) is 14.0. The monoisotopic (exact) mass is 1180 g/mol. The van der Waals surface area contributed by atoms with Gasteiger partial charge < -0.3 is 10.0 Å². The van der Waals surface area contributed by atoms with Gasteiger partial charge in [-0.1, -0.05) is 522 Å². The van der Waals surface area contributed by atoms with Gasteiger partial charge in [0.25, 0.3) is 0 Å². The summed E-state index contributed by atoms with van der Waals surface area (Å²) in [4.78, 5) is 0. The summed E-state index contributed by atoms with van der Waals surface area (Å²) in [6, 6.07) is 0. The van der Waals surface area contributed by atoms with Gasteiger partial charge in [0.2, 0.25) is 0 Å².